The predicted molar refractivity (Wildman–Crippen MR) is 87.8 cm³/mol. The standard InChI is InChI=1S/C18H24N2O2/c1-14-19-17-9-5-6-10-18(17)20(14)11-16(21)13-22-12-15-7-3-2-4-8-15/h2-3,5-6,9-10,15-16,21H,4,7-8,11-13H2,1H3/t15-,16-/m0/s1. The Hall–Kier alpha value is -1.65. The number of hydrogen-bond acceptors (Lipinski definition) is 3. The molecule has 0 saturated carbocycles. The van der Waals surface area contributed by atoms with Crippen LogP contribution in [0.1, 0.15) is 25.1 Å². The number of aryl methyl sites for hydroxylation is 1. The molecule has 4 nitrogen and oxygen atoms in total. The van der Waals surface area contributed by atoms with E-state index in [4.69, 9.17) is 4.74 Å². The molecular weight excluding hydrogens is 276 g/mol. The summed E-state index contributed by atoms with van der Waals surface area (Å²) in [6, 6.07) is 8.02. The number of aromatic nitrogens is 2. The van der Waals surface area contributed by atoms with Gasteiger partial charge in [0.25, 0.3) is 0 Å². The molecule has 0 unspecified atom stereocenters. The van der Waals surface area contributed by atoms with Gasteiger partial charge >= 0.3 is 0 Å². The number of allylic oxidation sites excluding steroid dienone is 2. The van der Waals surface area contributed by atoms with Gasteiger partial charge < -0.3 is 14.4 Å². The average Bonchev–Trinajstić information content (AvgIpc) is 2.84. The van der Waals surface area contributed by atoms with Gasteiger partial charge in [-0.2, -0.15) is 0 Å². The molecule has 0 amide bonds. The third-order valence-electron chi connectivity index (χ3n) is 4.28. The number of rotatable bonds is 6. The first-order valence-corrected chi connectivity index (χ1v) is 8.06. The highest BCUT2D eigenvalue weighted by molar-refractivity contribution is 5.75. The molecule has 1 aliphatic carbocycles. The summed E-state index contributed by atoms with van der Waals surface area (Å²) in [6.07, 6.45) is 7.40. The molecule has 1 aromatic heterocycles. The number of para-hydroxylation sites is 2. The van der Waals surface area contributed by atoms with E-state index in [9.17, 15) is 5.11 Å². The van der Waals surface area contributed by atoms with Gasteiger partial charge in [-0.3, -0.25) is 0 Å². The quantitative estimate of drug-likeness (QED) is 0.834. The van der Waals surface area contributed by atoms with Crippen LogP contribution in [0.5, 0.6) is 0 Å². The lowest BCUT2D eigenvalue weighted by molar-refractivity contribution is 0.0129. The van der Waals surface area contributed by atoms with E-state index in [2.05, 4.69) is 21.7 Å². The van der Waals surface area contributed by atoms with Crippen molar-refractivity contribution in [2.45, 2.75) is 38.8 Å². The summed E-state index contributed by atoms with van der Waals surface area (Å²) in [4.78, 5) is 4.52. The molecule has 2 aromatic rings. The Labute approximate surface area is 131 Å². The molecule has 1 heterocycles. The summed E-state index contributed by atoms with van der Waals surface area (Å²) in [6.45, 7) is 3.62. The van der Waals surface area contributed by atoms with Gasteiger partial charge in [-0.05, 0) is 44.2 Å². The zero-order chi connectivity index (χ0) is 15.4. The minimum absolute atomic E-state index is 0.381. The summed E-state index contributed by atoms with van der Waals surface area (Å²) in [5.41, 5.74) is 2.04. The van der Waals surface area contributed by atoms with Crippen LogP contribution in [0.2, 0.25) is 0 Å². The van der Waals surface area contributed by atoms with Crippen LogP contribution in [0.4, 0.5) is 0 Å². The molecule has 1 aromatic carbocycles. The molecule has 3 rings (SSSR count). The molecular formula is C18H24N2O2. The molecule has 0 radical (unpaired) electrons. The van der Waals surface area contributed by atoms with Crippen molar-refractivity contribution in [1.82, 2.24) is 9.55 Å². The highest BCUT2D eigenvalue weighted by atomic mass is 16.5. The van der Waals surface area contributed by atoms with Crippen LogP contribution in [0.25, 0.3) is 11.0 Å². The smallest absolute Gasteiger partial charge is 0.106 e. The van der Waals surface area contributed by atoms with E-state index in [0.717, 1.165) is 36.3 Å². The molecule has 0 fully saturated rings. The number of ether oxygens (including phenoxy) is 1. The third-order valence-corrected chi connectivity index (χ3v) is 4.28. The number of fused-ring (bicyclic) bond motifs is 1. The Morgan fingerprint density at radius 3 is 3.05 bits per heavy atom. The SMILES string of the molecule is Cc1nc2ccccc2n1C[C@H](O)COC[C@H]1CC=CCC1. The van der Waals surface area contributed by atoms with Gasteiger partial charge in [0, 0.05) is 6.61 Å². The zero-order valence-corrected chi connectivity index (χ0v) is 13.1. The Morgan fingerprint density at radius 1 is 1.36 bits per heavy atom. The number of benzene rings is 1. The lowest BCUT2D eigenvalue weighted by Gasteiger charge is -2.19. The minimum atomic E-state index is -0.504. The van der Waals surface area contributed by atoms with Gasteiger partial charge in [-0.1, -0.05) is 24.3 Å². The highest BCUT2D eigenvalue weighted by Crippen LogP contribution is 2.19. The van der Waals surface area contributed by atoms with Crippen LogP contribution in [0.15, 0.2) is 36.4 Å². The summed E-state index contributed by atoms with van der Waals surface area (Å²) in [5, 5.41) is 10.2. The number of nitrogens with zero attached hydrogens (tertiary/aromatic N) is 2. The van der Waals surface area contributed by atoms with E-state index in [0.29, 0.717) is 19.1 Å². The predicted octanol–water partition coefficient (Wildman–Crippen LogP) is 3.08. The van der Waals surface area contributed by atoms with Gasteiger partial charge in [0.1, 0.15) is 5.82 Å². The van der Waals surface area contributed by atoms with Crippen LogP contribution in [-0.2, 0) is 11.3 Å². The van der Waals surface area contributed by atoms with E-state index < -0.39 is 6.10 Å². The van der Waals surface area contributed by atoms with Gasteiger partial charge in [-0.25, -0.2) is 4.98 Å². The normalized spacial score (nSPS) is 19.6. The molecule has 0 bridgehead atoms. The van der Waals surface area contributed by atoms with Crippen molar-refractivity contribution >= 4 is 11.0 Å². The fourth-order valence-corrected chi connectivity index (χ4v) is 3.07. The highest BCUT2D eigenvalue weighted by Gasteiger charge is 2.14. The van der Waals surface area contributed by atoms with Gasteiger partial charge in [0.05, 0.1) is 30.3 Å². The molecule has 0 saturated heterocycles. The molecule has 1 N–H and O–H groups in total. The Kier molecular flexibility index (Phi) is 4.90. The van der Waals surface area contributed by atoms with Crippen molar-refractivity contribution in [1.29, 1.82) is 0 Å². The summed E-state index contributed by atoms with van der Waals surface area (Å²) in [5.74, 6) is 1.53. The maximum absolute atomic E-state index is 10.2. The van der Waals surface area contributed by atoms with Crippen molar-refractivity contribution in [2.75, 3.05) is 13.2 Å². The van der Waals surface area contributed by atoms with E-state index in [1.807, 2.05) is 31.2 Å². The number of aliphatic hydroxyl groups excluding tert-OH is 1. The maximum Gasteiger partial charge on any atom is 0.106 e. The molecule has 1 aliphatic rings. The average molecular weight is 300 g/mol. The lowest BCUT2D eigenvalue weighted by Crippen LogP contribution is -2.24. The fourth-order valence-electron chi connectivity index (χ4n) is 3.07. The van der Waals surface area contributed by atoms with Crippen molar-refractivity contribution in [3.63, 3.8) is 0 Å². The summed E-state index contributed by atoms with van der Waals surface area (Å²) >= 11 is 0. The molecule has 0 spiro atoms. The fraction of sp³-hybridized carbons (Fsp3) is 0.500. The Bertz CT molecular complexity index is 648. The number of hydrogen-bond donors (Lipinski definition) is 1. The molecule has 2 atom stereocenters. The van der Waals surface area contributed by atoms with E-state index in [1.165, 1.54) is 6.42 Å². The summed E-state index contributed by atoms with van der Waals surface area (Å²) in [7, 11) is 0. The van der Waals surface area contributed by atoms with Crippen LogP contribution in [-0.4, -0.2) is 34.0 Å². The summed E-state index contributed by atoms with van der Waals surface area (Å²) < 4.78 is 7.78. The monoisotopic (exact) mass is 300 g/mol. The molecule has 4 heteroatoms. The van der Waals surface area contributed by atoms with Gasteiger partial charge in [0.2, 0.25) is 0 Å². The Balaban J connectivity index is 1.53. The first-order chi connectivity index (χ1) is 10.7. The molecule has 0 aliphatic heterocycles. The van der Waals surface area contributed by atoms with Crippen molar-refractivity contribution < 1.29 is 9.84 Å². The van der Waals surface area contributed by atoms with Crippen molar-refractivity contribution in [2.24, 2.45) is 5.92 Å². The lowest BCUT2D eigenvalue weighted by atomic mass is 9.95. The molecule has 22 heavy (non-hydrogen) atoms. The maximum atomic E-state index is 10.2. The van der Waals surface area contributed by atoms with Crippen molar-refractivity contribution in [3.8, 4) is 0 Å². The second-order valence-corrected chi connectivity index (χ2v) is 6.10. The number of aliphatic hydroxyl groups is 1. The topological polar surface area (TPSA) is 47.3 Å². The zero-order valence-electron chi connectivity index (χ0n) is 13.1. The molecule has 118 valence electrons. The van der Waals surface area contributed by atoms with Crippen molar-refractivity contribution in [3.05, 3.63) is 42.2 Å². The van der Waals surface area contributed by atoms with E-state index in [-0.39, 0.29) is 0 Å². The van der Waals surface area contributed by atoms with Gasteiger partial charge in [0.15, 0.2) is 0 Å². The van der Waals surface area contributed by atoms with Crippen LogP contribution in [0.3, 0.4) is 0 Å². The first kappa shape index (κ1) is 15.3. The van der Waals surface area contributed by atoms with Gasteiger partial charge in [-0.15, -0.1) is 0 Å². The third kappa shape index (κ3) is 3.57. The number of imidazole rings is 1. The van der Waals surface area contributed by atoms with E-state index >= 15 is 0 Å². The largest absolute Gasteiger partial charge is 0.389 e. The minimum Gasteiger partial charge on any atom is -0.389 e. The Morgan fingerprint density at radius 2 is 2.23 bits per heavy atom. The van der Waals surface area contributed by atoms with Crippen LogP contribution >= 0.6 is 0 Å². The second kappa shape index (κ2) is 7.07. The first-order valence-electron chi connectivity index (χ1n) is 8.06. The second-order valence-electron chi connectivity index (χ2n) is 6.10. The van der Waals surface area contributed by atoms with Crippen LogP contribution in [0, 0.1) is 12.8 Å². The van der Waals surface area contributed by atoms with E-state index in [1.54, 1.807) is 0 Å². The van der Waals surface area contributed by atoms with Crippen LogP contribution < -0.4 is 0 Å².